The summed E-state index contributed by atoms with van der Waals surface area (Å²) in [7, 11) is 0. The van der Waals surface area contributed by atoms with Gasteiger partial charge in [-0.05, 0) is 38.8 Å². The van der Waals surface area contributed by atoms with Crippen molar-refractivity contribution in [3.8, 4) is 0 Å². The number of benzene rings is 3. The monoisotopic (exact) mass is 490 g/mol. The first-order valence-corrected chi connectivity index (χ1v) is 9.36. The Morgan fingerprint density at radius 2 is 1.10 bits per heavy atom. The molecule has 0 fully saturated rings. The van der Waals surface area contributed by atoms with Crippen LogP contribution in [0.4, 0.5) is 0 Å². The van der Waals surface area contributed by atoms with E-state index in [0.717, 1.165) is 0 Å². The van der Waals surface area contributed by atoms with Crippen LogP contribution < -0.4 is 37.2 Å². The molecule has 3 aromatic carbocycles. The van der Waals surface area contributed by atoms with Crippen LogP contribution in [0.5, 0.6) is 0 Å². The molecule has 0 aromatic heterocycles. The van der Waals surface area contributed by atoms with Gasteiger partial charge < -0.3 is 37.2 Å². The summed E-state index contributed by atoms with van der Waals surface area (Å²) in [6.45, 7) is 8.77. The van der Waals surface area contributed by atoms with Crippen molar-refractivity contribution in [3.05, 3.63) is 111 Å². The van der Waals surface area contributed by atoms with Crippen molar-refractivity contribution in [1.82, 2.24) is 0 Å². The summed E-state index contributed by atoms with van der Waals surface area (Å²) in [6, 6.07) is 22.6. The molecule has 4 heteroatoms. The van der Waals surface area contributed by atoms with Gasteiger partial charge in [0.1, 0.15) is 0 Å². The number of allylic oxidation sites excluding steroid dienone is 1. The van der Waals surface area contributed by atoms with E-state index in [4.69, 9.17) is 0 Å². The minimum Gasteiger partial charge on any atom is -1.00 e. The van der Waals surface area contributed by atoms with Crippen LogP contribution in [-0.4, -0.2) is 0 Å². The maximum absolute atomic E-state index is 3.67. The van der Waals surface area contributed by atoms with Crippen LogP contribution in [0.1, 0.15) is 56.3 Å². The standard InChI is InChI=1S/C26H25.3ClH.Ti/c1-17-11-18(2)14-22(13-17)26(23-15-19(3)12-20(4)16-23)25-10-9-21-7-5-6-8-24(21)25;;;;/h5-9,11-16,25-26H,1-4H3;3*1H;/q-1;;;;+4/p-3. The Balaban J connectivity index is 0.00000210. The topological polar surface area (TPSA) is 0 Å². The van der Waals surface area contributed by atoms with Gasteiger partial charge >= 0.3 is 21.7 Å². The van der Waals surface area contributed by atoms with Gasteiger partial charge in [-0.1, -0.05) is 82.8 Å². The van der Waals surface area contributed by atoms with E-state index in [1.54, 1.807) is 0 Å². The molecule has 1 aliphatic carbocycles. The summed E-state index contributed by atoms with van der Waals surface area (Å²) >= 11 is 0. The van der Waals surface area contributed by atoms with Gasteiger partial charge in [0.15, 0.2) is 0 Å². The molecule has 0 heterocycles. The smallest absolute Gasteiger partial charge is 1.00 e. The van der Waals surface area contributed by atoms with Crippen molar-refractivity contribution in [2.45, 2.75) is 39.5 Å². The molecule has 3 aromatic rings. The molecular weight excluding hydrogens is 467 g/mol. The molecule has 0 amide bonds. The van der Waals surface area contributed by atoms with Crippen LogP contribution in [-0.2, 0) is 21.7 Å². The molecule has 1 atom stereocenters. The summed E-state index contributed by atoms with van der Waals surface area (Å²) in [5, 5.41) is 0. The summed E-state index contributed by atoms with van der Waals surface area (Å²) in [4.78, 5) is 0. The summed E-state index contributed by atoms with van der Waals surface area (Å²) < 4.78 is 0. The van der Waals surface area contributed by atoms with Crippen molar-refractivity contribution >= 4 is 6.08 Å². The molecule has 0 saturated carbocycles. The third kappa shape index (κ3) is 6.03. The number of aryl methyl sites for hydroxylation is 4. The fourth-order valence-corrected chi connectivity index (χ4v) is 4.43. The average molecular weight is 492 g/mol. The zero-order valence-corrected chi connectivity index (χ0v) is 21.5. The second-order valence-electron chi connectivity index (χ2n) is 7.74. The summed E-state index contributed by atoms with van der Waals surface area (Å²) in [5.41, 5.74) is 10.8. The molecule has 1 unspecified atom stereocenters. The van der Waals surface area contributed by atoms with Gasteiger partial charge in [0.25, 0.3) is 0 Å². The molecule has 0 nitrogen and oxygen atoms in total. The van der Waals surface area contributed by atoms with E-state index in [1.165, 1.54) is 44.5 Å². The molecule has 4 rings (SSSR count). The number of halogens is 3. The van der Waals surface area contributed by atoms with E-state index in [1.807, 2.05) is 0 Å². The van der Waals surface area contributed by atoms with Crippen molar-refractivity contribution in [1.29, 1.82) is 0 Å². The third-order valence-corrected chi connectivity index (χ3v) is 5.29. The SMILES string of the molecule is Cc1cc(C)cc(C(c2cc(C)cc(C)c2)C2[C-]=Cc3ccccc32)c1.[Cl-].[Cl-].[Cl-].[Ti+4]. The molecule has 0 aliphatic heterocycles. The Morgan fingerprint density at radius 3 is 1.57 bits per heavy atom. The van der Waals surface area contributed by atoms with E-state index in [-0.39, 0.29) is 70.8 Å². The van der Waals surface area contributed by atoms with E-state index in [9.17, 15) is 0 Å². The van der Waals surface area contributed by atoms with Gasteiger partial charge in [0.05, 0.1) is 0 Å². The second-order valence-corrected chi connectivity index (χ2v) is 7.74. The summed E-state index contributed by atoms with van der Waals surface area (Å²) in [6.07, 6.45) is 5.84. The van der Waals surface area contributed by atoms with Crippen LogP contribution >= 0.6 is 0 Å². The molecular formula is C26H25Cl3Ti. The maximum Gasteiger partial charge on any atom is 4.00 e. The first kappa shape index (κ1) is 29.0. The fraction of sp³-hybridized carbons (Fsp3) is 0.231. The van der Waals surface area contributed by atoms with Crippen LogP contribution in [0.2, 0.25) is 0 Å². The quantitative estimate of drug-likeness (QED) is 0.285. The molecule has 1 aliphatic rings. The van der Waals surface area contributed by atoms with Gasteiger partial charge in [-0.3, -0.25) is 6.08 Å². The third-order valence-electron chi connectivity index (χ3n) is 5.29. The van der Waals surface area contributed by atoms with Gasteiger partial charge in [-0.15, -0.1) is 11.6 Å². The maximum atomic E-state index is 3.67. The largest absolute Gasteiger partial charge is 4.00 e. The van der Waals surface area contributed by atoms with Gasteiger partial charge in [-0.2, -0.15) is 5.56 Å². The minimum atomic E-state index is 0. The second kappa shape index (κ2) is 12.1. The minimum absolute atomic E-state index is 0. The molecule has 154 valence electrons. The Bertz CT molecular complexity index is 919. The summed E-state index contributed by atoms with van der Waals surface area (Å²) in [5.74, 6) is 0.542. The van der Waals surface area contributed by atoms with Gasteiger partial charge in [0.2, 0.25) is 0 Å². The zero-order chi connectivity index (χ0) is 18.3. The molecule has 0 bridgehead atoms. The molecule has 30 heavy (non-hydrogen) atoms. The molecule has 0 spiro atoms. The number of hydrogen-bond acceptors (Lipinski definition) is 0. The number of hydrogen-bond donors (Lipinski definition) is 0. The van der Waals surface area contributed by atoms with E-state index >= 15 is 0 Å². The zero-order valence-electron chi connectivity index (χ0n) is 17.6. The molecule has 0 N–H and O–H groups in total. The average Bonchev–Trinajstić information content (AvgIpc) is 2.97. The predicted molar refractivity (Wildman–Crippen MR) is 111 cm³/mol. The van der Waals surface area contributed by atoms with Crippen LogP contribution in [0.25, 0.3) is 6.08 Å². The van der Waals surface area contributed by atoms with Crippen molar-refractivity contribution in [3.63, 3.8) is 0 Å². The first-order valence-electron chi connectivity index (χ1n) is 9.36. The van der Waals surface area contributed by atoms with Crippen molar-refractivity contribution < 1.29 is 58.9 Å². The van der Waals surface area contributed by atoms with Crippen LogP contribution in [0.3, 0.4) is 0 Å². The van der Waals surface area contributed by atoms with Gasteiger partial charge in [-0.25, -0.2) is 6.08 Å². The van der Waals surface area contributed by atoms with Crippen LogP contribution in [0, 0.1) is 33.8 Å². The number of rotatable bonds is 3. The Labute approximate surface area is 214 Å². The number of fused-ring (bicyclic) bond motifs is 1. The molecule has 0 radical (unpaired) electrons. The van der Waals surface area contributed by atoms with Crippen molar-refractivity contribution in [2.24, 2.45) is 0 Å². The Morgan fingerprint density at radius 1 is 0.667 bits per heavy atom. The van der Waals surface area contributed by atoms with E-state index < -0.39 is 0 Å². The normalized spacial score (nSPS) is 13.4. The Hall–Kier alpha value is -1.02. The molecule has 0 saturated heterocycles. The van der Waals surface area contributed by atoms with E-state index in [2.05, 4.69) is 101 Å². The predicted octanol–water partition coefficient (Wildman–Crippen LogP) is -2.32. The Kier molecular flexibility index (Phi) is 11.7. The van der Waals surface area contributed by atoms with Crippen molar-refractivity contribution in [2.75, 3.05) is 0 Å². The first-order chi connectivity index (χ1) is 12.5. The van der Waals surface area contributed by atoms with Crippen LogP contribution in [0.15, 0.2) is 60.7 Å². The van der Waals surface area contributed by atoms with E-state index in [0.29, 0.717) is 0 Å². The fourth-order valence-electron chi connectivity index (χ4n) is 4.43. The van der Waals surface area contributed by atoms with Gasteiger partial charge in [0, 0.05) is 5.92 Å².